The Bertz CT molecular complexity index is 598. The lowest BCUT2D eigenvalue weighted by Gasteiger charge is -2.12. The Balaban J connectivity index is 2.83. The van der Waals surface area contributed by atoms with E-state index in [0.29, 0.717) is 5.69 Å². The van der Waals surface area contributed by atoms with Crippen LogP contribution in [0.25, 0.3) is 0 Å². The van der Waals surface area contributed by atoms with Gasteiger partial charge in [-0.15, -0.1) is 0 Å². The number of rotatable bonds is 6. The monoisotopic (exact) mass is 321 g/mol. The maximum atomic E-state index is 11.8. The normalized spacial score (nSPS) is 11.0. The topological polar surface area (TPSA) is 121 Å². The highest BCUT2D eigenvalue weighted by atomic mass is 16.6. The van der Waals surface area contributed by atoms with E-state index in [1.807, 2.05) is 0 Å². The molecule has 8 heteroatoms. The number of benzene rings is 1. The Morgan fingerprint density at radius 2 is 1.74 bits per heavy atom. The van der Waals surface area contributed by atoms with Crippen LogP contribution in [-0.2, 0) is 14.3 Å². The van der Waals surface area contributed by atoms with Crippen LogP contribution < -0.4 is 10.6 Å². The summed E-state index contributed by atoms with van der Waals surface area (Å²) in [7, 11) is 0. The van der Waals surface area contributed by atoms with E-state index >= 15 is 0 Å². The second-order valence-electron chi connectivity index (χ2n) is 4.15. The lowest BCUT2D eigenvalue weighted by Crippen LogP contribution is -2.37. The molecule has 0 fully saturated rings. The van der Waals surface area contributed by atoms with Gasteiger partial charge in [0.05, 0.1) is 13.2 Å². The van der Waals surface area contributed by atoms with Gasteiger partial charge in [-0.1, -0.05) is 18.2 Å². The van der Waals surface area contributed by atoms with Crippen molar-refractivity contribution >= 4 is 23.5 Å². The largest absolute Gasteiger partial charge is 0.480 e. The Hall–Kier alpha value is -3.03. The molecule has 0 heterocycles. The number of anilines is 1. The molecule has 124 valence electrons. The maximum absolute atomic E-state index is 11.8. The van der Waals surface area contributed by atoms with Crippen molar-refractivity contribution in [2.24, 2.45) is 0 Å². The zero-order valence-electron chi connectivity index (χ0n) is 12.9. The minimum atomic E-state index is -0.969. The van der Waals surface area contributed by atoms with Gasteiger partial charge in [-0.05, 0) is 26.0 Å². The quantitative estimate of drug-likeness (QED) is 0.210. The second kappa shape index (κ2) is 9.08. The number of nitrogens with one attached hydrogen (secondary N) is 3. The molecule has 0 saturated carbocycles. The molecule has 8 nitrogen and oxygen atoms in total. The van der Waals surface area contributed by atoms with Crippen molar-refractivity contribution in [3.8, 4) is 0 Å². The van der Waals surface area contributed by atoms with Gasteiger partial charge >= 0.3 is 12.0 Å². The summed E-state index contributed by atoms with van der Waals surface area (Å²) in [4.78, 5) is 23.6. The summed E-state index contributed by atoms with van der Waals surface area (Å²) < 4.78 is 9.56. The molecule has 0 bridgehead atoms. The van der Waals surface area contributed by atoms with Crippen LogP contribution >= 0.6 is 0 Å². The summed E-state index contributed by atoms with van der Waals surface area (Å²) in [5, 5.41) is 22.1. The molecule has 0 aromatic heterocycles. The van der Waals surface area contributed by atoms with Crippen LogP contribution in [0.5, 0.6) is 0 Å². The van der Waals surface area contributed by atoms with Crippen LogP contribution in [0.2, 0.25) is 0 Å². The number of para-hydroxylation sites is 1. The van der Waals surface area contributed by atoms with E-state index in [-0.39, 0.29) is 13.2 Å². The molecule has 4 N–H and O–H groups in total. The van der Waals surface area contributed by atoms with Crippen LogP contribution in [0.15, 0.2) is 41.9 Å². The van der Waals surface area contributed by atoms with Crippen molar-refractivity contribution in [1.82, 2.24) is 5.32 Å². The van der Waals surface area contributed by atoms with Crippen LogP contribution in [0.1, 0.15) is 13.8 Å². The molecule has 2 amide bonds. The predicted octanol–water partition coefficient (Wildman–Crippen LogP) is 2.15. The Labute approximate surface area is 133 Å². The van der Waals surface area contributed by atoms with Crippen LogP contribution in [0.4, 0.5) is 10.5 Å². The van der Waals surface area contributed by atoms with E-state index in [2.05, 4.69) is 10.6 Å². The zero-order chi connectivity index (χ0) is 17.2. The Morgan fingerprint density at radius 3 is 2.30 bits per heavy atom. The van der Waals surface area contributed by atoms with Gasteiger partial charge in [0.25, 0.3) is 5.95 Å². The lowest BCUT2D eigenvalue weighted by atomic mass is 10.2. The summed E-state index contributed by atoms with van der Waals surface area (Å²) in [6, 6.07) is 7.81. The summed E-state index contributed by atoms with van der Waals surface area (Å²) in [5.74, 6) is -2.39. The molecule has 0 saturated heterocycles. The molecule has 0 aliphatic heterocycles. The first kappa shape index (κ1) is 18.0. The Kier molecular flexibility index (Phi) is 7.12. The highest BCUT2D eigenvalue weighted by molar-refractivity contribution is 6.22. The third-order valence-corrected chi connectivity index (χ3v) is 2.49. The molecule has 0 aliphatic carbocycles. The molecular formula is C15H19N3O5. The predicted molar refractivity (Wildman–Crippen MR) is 84.2 cm³/mol. The van der Waals surface area contributed by atoms with Gasteiger partial charge in [-0.3, -0.25) is 10.7 Å². The maximum Gasteiger partial charge on any atom is 0.349 e. The van der Waals surface area contributed by atoms with Crippen LogP contribution in [0, 0.1) is 5.41 Å². The number of aliphatic hydroxyl groups excluding tert-OH is 1. The van der Waals surface area contributed by atoms with Crippen molar-refractivity contribution in [3.63, 3.8) is 0 Å². The molecule has 0 radical (unpaired) electrons. The van der Waals surface area contributed by atoms with Crippen molar-refractivity contribution in [2.45, 2.75) is 13.8 Å². The standard InChI is InChI=1S/C15H19N3O5/c1-3-22-13(19)11(14(20)23-4-2)12(16)18-15(21)17-10-8-6-5-7-9-10/h5-9,19H,3-4H2,1-2H3,(H3,16,17,18,21)/b13-11-. The van der Waals surface area contributed by atoms with E-state index in [4.69, 9.17) is 14.9 Å². The number of aliphatic hydroxyl groups is 1. The fraction of sp³-hybridized carbons (Fsp3) is 0.267. The average Bonchev–Trinajstić information content (AvgIpc) is 2.48. The molecule has 1 aromatic rings. The number of esters is 1. The van der Waals surface area contributed by atoms with E-state index < -0.39 is 29.4 Å². The molecule has 0 spiro atoms. The molecule has 0 atom stereocenters. The third kappa shape index (κ3) is 5.70. The van der Waals surface area contributed by atoms with Gasteiger partial charge in [0.2, 0.25) is 0 Å². The number of carbonyl (C=O) groups is 2. The highest BCUT2D eigenvalue weighted by Gasteiger charge is 2.24. The number of amidine groups is 1. The van der Waals surface area contributed by atoms with E-state index in [9.17, 15) is 14.7 Å². The molecule has 23 heavy (non-hydrogen) atoms. The van der Waals surface area contributed by atoms with Crippen molar-refractivity contribution in [2.75, 3.05) is 18.5 Å². The number of hydrogen-bond acceptors (Lipinski definition) is 6. The molecule has 0 aliphatic rings. The SMILES string of the molecule is CCOC(=O)/C(C(=N)NC(=O)Nc1ccccc1)=C(/O)OCC. The molecule has 0 unspecified atom stereocenters. The summed E-state index contributed by atoms with van der Waals surface area (Å²) in [5.41, 5.74) is -0.0505. The average molecular weight is 321 g/mol. The molecule has 1 aromatic carbocycles. The number of urea groups is 1. The van der Waals surface area contributed by atoms with Gasteiger partial charge in [-0.25, -0.2) is 9.59 Å². The number of ether oxygens (including phenoxy) is 2. The first-order valence-corrected chi connectivity index (χ1v) is 6.94. The number of amides is 2. The van der Waals surface area contributed by atoms with Gasteiger partial charge in [-0.2, -0.15) is 0 Å². The lowest BCUT2D eigenvalue weighted by molar-refractivity contribution is -0.138. The summed E-state index contributed by atoms with van der Waals surface area (Å²) in [6.07, 6.45) is 0. The van der Waals surface area contributed by atoms with Gasteiger partial charge in [0.1, 0.15) is 5.84 Å². The van der Waals surface area contributed by atoms with Gasteiger partial charge in [0, 0.05) is 5.69 Å². The minimum Gasteiger partial charge on any atom is -0.480 e. The third-order valence-electron chi connectivity index (χ3n) is 2.49. The van der Waals surface area contributed by atoms with E-state index in [0.717, 1.165) is 0 Å². The van der Waals surface area contributed by atoms with Gasteiger partial charge < -0.3 is 19.9 Å². The van der Waals surface area contributed by atoms with Crippen molar-refractivity contribution in [1.29, 1.82) is 5.41 Å². The van der Waals surface area contributed by atoms with Crippen LogP contribution in [0.3, 0.4) is 0 Å². The molecule has 1 rings (SSSR count). The van der Waals surface area contributed by atoms with E-state index in [1.54, 1.807) is 44.2 Å². The first-order valence-electron chi connectivity index (χ1n) is 6.94. The zero-order valence-corrected chi connectivity index (χ0v) is 12.9. The summed E-state index contributed by atoms with van der Waals surface area (Å²) >= 11 is 0. The fourth-order valence-electron chi connectivity index (χ4n) is 1.57. The number of hydrogen-bond donors (Lipinski definition) is 4. The highest BCUT2D eigenvalue weighted by Crippen LogP contribution is 2.08. The van der Waals surface area contributed by atoms with Crippen molar-refractivity contribution in [3.05, 3.63) is 41.9 Å². The smallest absolute Gasteiger partial charge is 0.349 e. The number of carbonyl (C=O) groups excluding carboxylic acids is 2. The minimum absolute atomic E-state index is 0.0469. The first-order chi connectivity index (χ1) is 11.0. The van der Waals surface area contributed by atoms with E-state index in [1.165, 1.54) is 0 Å². The Morgan fingerprint density at radius 1 is 1.13 bits per heavy atom. The fourth-order valence-corrected chi connectivity index (χ4v) is 1.57. The molecular weight excluding hydrogens is 302 g/mol. The van der Waals surface area contributed by atoms with Crippen molar-refractivity contribution < 1.29 is 24.2 Å². The second-order valence-corrected chi connectivity index (χ2v) is 4.15. The summed E-state index contributed by atoms with van der Waals surface area (Å²) in [6.45, 7) is 3.30. The van der Waals surface area contributed by atoms with Crippen LogP contribution in [-0.4, -0.2) is 36.2 Å². The van der Waals surface area contributed by atoms with Gasteiger partial charge in [0.15, 0.2) is 5.57 Å².